The van der Waals surface area contributed by atoms with Crippen LogP contribution in [0.4, 0.5) is 18.0 Å². The van der Waals surface area contributed by atoms with E-state index in [0.29, 0.717) is 12.1 Å². The van der Waals surface area contributed by atoms with E-state index < -0.39 is 29.0 Å². The molecule has 0 unspecified atom stereocenters. The summed E-state index contributed by atoms with van der Waals surface area (Å²) < 4.78 is 52.4. The number of nitrogens with one attached hydrogen (secondary N) is 2. The number of hydrogen-bond acceptors (Lipinski definition) is 6. The zero-order valence-electron chi connectivity index (χ0n) is 20.5. The average Bonchev–Trinajstić information content (AvgIpc) is 2.78. The molecule has 3 rings (SSSR count). The summed E-state index contributed by atoms with van der Waals surface area (Å²) >= 11 is 0. The first kappa shape index (κ1) is 27.0. The smallest absolute Gasteiger partial charge is 0.416 e. The van der Waals surface area contributed by atoms with Gasteiger partial charge in [-0.25, -0.2) is 9.78 Å². The number of alkyl carbamates (subject to hydrolysis) is 1. The number of halogens is 3. The van der Waals surface area contributed by atoms with E-state index >= 15 is 0 Å². The molecule has 0 fully saturated rings. The average molecular weight is 507 g/mol. The molecule has 0 saturated heterocycles. The second-order valence-electron chi connectivity index (χ2n) is 8.90. The highest BCUT2D eigenvalue weighted by Gasteiger charge is 2.32. The Labute approximate surface area is 206 Å². The molecule has 36 heavy (non-hydrogen) atoms. The van der Waals surface area contributed by atoms with Crippen LogP contribution in [0.5, 0.6) is 5.75 Å². The number of ether oxygens (including phenoxy) is 2. The monoisotopic (exact) mass is 506 g/mol. The Morgan fingerprint density at radius 2 is 1.81 bits per heavy atom. The van der Waals surface area contributed by atoms with Gasteiger partial charge in [0.25, 0.3) is 5.56 Å². The normalized spacial score (nSPS) is 12.0. The SMILES string of the molecule is CCOc1ccc(C(F)(F)F)cc1-n1c(CNCCNC(=O)OC(C)(C)C)nc2ccccc2c1=O. The van der Waals surface area contributed by atoms with Crippen LogP contribution in [0.2, 0.25) is 0 Å². The zero-order valence-corrected chi connectivity index (χ0v) is 20.5. The molecule has 2 aromatic carbocycles. The second kappa shape index (κ2) is 11.0. The molecule has 8 nitrogen and oxygen atoms in total. The van der Waals surface area contributed by atoms with E-state index in [-0.39, 0.29) is 42.3 Å². The Balaban J connectivity index is 1.96. The molecule has 0 radical (unpaired) electrons. The van der Waals surface area contributed by atoms with E-state index in [0.717, 1.165) is 16.7 Å². The molecule has 0 aliphatic heterocycles. The van der Waals surface area contributed by atoms with Gasteiger partial charge in [0.2, 0.25) is 0 Å². The number of amides is 1. The van der Waals surface area contributed by atoms with Crippen molar-refractivity contribution in [2.75, 3.05) is 19.7 Å². The van der Waals surface area contributed by atoms with Crippen LogP contribution in [0.3, 0.4) is 0 Å². The number of rotatable bonds is 8. The van der Waals surface area contributed by atoms with Gasteiger partial charge >= 0.3 is 12.3 Å². The maximum absolute atomic E-state index is 13.5. The maximum atomic E-state index is 13.5. The van der Waals surface area contributed by atoms with Crippen LogP contribution >= 0.6 is 0 Å². The minimum Gasteiger partial charge on any atom is -0.492 e. The molecule has 0 bridgehead atoms. The quantitative estimate of drug-likeness (QED) is 0.440. The van der Waals surface area contributed by atoms with Crippen molar-refractivity contribution in [2.45, 2.75) is 46.0 Å². The predicted octanol–water partition coefficient (Wildman–Crippen LogP) is 4.42. The van der Waals surface area contributed by atoms with Gasteiger partial charge in [0.05, 0.1) is 35.3 Å². The van der Waals surface area contributed by atoms with Crippen molar-refractivity contribution >= 4 is 17.0 Å². The van der Waals surface area contributed by atoms with Gasteiger partial charge in [-0.2, -0.15) is 13.2 Å². The topological polar surface area (TPSA) is 94.5 Å². The van der Waals surface area contributed by atoms with Crippen LogP contribution in [-0.4, -0.2) is 40.9 Å². The van der Waals surface area contributed by atoms with Crippen molar-refractivity contribution in [1.29, 1.82) is 0 Å². The number of aromatic nitrogens is 2. The van der Waals surface area contributed by atoms with E-state index in [9.17, 15) is 22.8 Å². The summed E-state index contributed by atoms with van der Waals surface area (Å²) in [7, 11) is 0. The number of hydrogen-bond donors (Lipinski definition) is 2. The molecule has 1 aromatic heterocycles. The Morgan fingerprint density at radius 3 is 2.47 bits per heavy atom. The molecule has 194 valence electrons. The number of carbonyl (C=O) groups excluding carboxylic acids is 1. The van der Waals surface area contributed by atoms with Crippen molar-refractivity contribution in [1.82, 2.24) is 20.2 Å². The fourth-order valence-electron chi connectivity index (χ4n) is 3.46. The highest BCUT2D eigenvalue weighted by atomic mass is 19.4. The first-order chi connectivity index (χ1) is 16.9. The third-order valence-corrected chi connectivity index (χ3v) is 4.93. The minimum atomic E-state index is -4.61. The molecule has 0 saturated carbocycles. The van der Waals surface area contributed by atoms with Crippen molar-refractivity contribution in [2.24, 2.45) is 0 Å². The minimum absolute atomic E-state index is 0.0396. The van der Waals surface area contributed by atoms with E-state index in [4.69, 9.17) is 9.47 Å². The molecular weight excluding hydrogens is 477 g/mol. The van der Waals surface area contributed by atoms with E-state index in [1.807, 2.05) is 0 Å². The van der Waals surface area contributed by atoms with Crippen LogP contribution in [0.25, 0.3) is 16.6 Å². The summed E-state index contributed by atoms with van der Waals surface area (Å²) in [5.74, 6) is 0.314. The molecule has 1 heterocycles. The largest absolute Gasteiger partial charge is 0.492 e. The summed E-state index contributed by atoms with van der Waals surface area (Å²) in [5, 5.41) is 5.92. The van der Waals surface area contributed by atoms with Crippen LogP contribution in [0.1, 0.15) is 39.1 Å². The molecule has 0 spiro atoms. The van der Waals surface area contributed by atoms with Gasteiger partial charge < -0.3 is 20.1 Å². The van der Waals surface area contributed by atoms with Gasteiger partial charge in [-0.1, -0.05) is 12.1 Å². The third-order valence-electron chi connectivity index (χ3n) is 4.93. The molecule has 11 heteroatoms. The van der Waals surface area contributed by atoms with Gasteiger partial charge in [0.1, 0.15) is 17.2 Å². The first-order valence-electron chi connectivity index (χ1n) is 11.4. The Hall–Kier alpha value is -3.60. The molecule has 2 N–H and O–H groups in total. The summed E-state index contributed by atoms with van der Waals surface area (Å²) in [6, 6.07) is 9.60. The number of carbonyl (C=O) groups is 1. The van der Waals surface area contributed by atoms with Gasteiger partial charge in [0.15, 0.2) is 0 Å². The number of para-hydroxylation sites is 1. The molecular formula is C25H29F3N4O4. The molecule has 0 aliphatic carbocycles. The zero-order chi connectivity index (χ0) is 26.5. The Kier molecular flexibility index (Phi) is 8.24. The number of alkyl halides is 3. The molecule has 0 aliphatic rings. The Bertz CT molecular complexity index is 1280. The molecule has 3 aromatic rings. The standard InChI is InChI=1S/C25H29F3N4O4/c1-5-35-20-11-10-16(25(26,27)28)14-19(20)32-21(31-18-9-7-6-8-17(18)22(32)33)15-29-12-13-30-23(34)36-24(2,3)4/h6-11,14,29H,5,12-13,15H2,1-4H3,(H,30,34). The third kappa shape index (κ3) is 6.75. The first-order valence-corrected chi connectivity index (χ1v) is 11.4. The lowest BCUT2D eigenvalue weighted by Gasteiger charge is -2.20. The van der Waals surface area contributed by atoms with Crippen molar-refractivity contribution in [3.63, 3.8) is 0 Å². The Morgan fingerprint density at radius 1 is 1.08 bits per heavy atom. The van der Waals surface area contributed by atoms with Crippen LogP contribution in [0.15, 0.2) is 47.3 Å². The highest BCUT2D eigenvalue weighted by molar-refractivity contribution is 5.78. The van der Waals surface area contributed by atoms with Gasteiger partial charge in [-0.3, -0.25) is 9.36 Å². The fraction of sp³-hybridized carbons (Fsp3) is 0.400. The number of benzene rings is 2. The van der Waals surface area contributed by atoms with Crippen LogP contribution < -0.4 is 20.9 Å². The molecule has 0 atom stereocenters. The maximum Gasteiger partial charge on any atom is 0.416 e. The van der Waals surface area contributed by atoms with Gasteiger partial charge in [0, 0.05) is 13.1 Å². The number of nitrogens with zero attached hydrogens (tertiary/aromatic N) is 2. The summed E-state index contributed by atoms with van der Waals surface area (Å²) in [4.78, 5) is 29.8. The van der Waals surface area contributed by atoms with Gasteiger partial charge in [-0.15, -0.1) is 0 Å². The van der Waals surface area contributed by atoms with Crippen LogP contribution in [-0.2, 0) is 17.5 Å². The fourth-order valence-corrected chi connectivity index (χ4v) is 3.46. The lowest BCUT2D eigenvalue weighted by atomic mass is 10.1. The van der Waals surface area contributed by atoms with Gasteiger partial charge in [-0.05, 0) is 58.0 Å². The van der Waals surface area contributed by atoms with E-state index in [1.54, 1.807) is 52.0 Å². The lowest BCUT2D eigenvalue weighted by Crippen LogP contribution is -2.37. The lowest BCUT2D eigenvalue weighted by molar-refractivity contribution is -0.137. The van der Waals surface area contributed by atoms with E-state index in [2.05, 4.69) is 15.6 Å². The van der Waals surface area contributed by atoms with Crippen molar-refractivity contribution in [3.05, 3.63) is 64.2 Å². The van der Waals surface area contributed by atoms with E-state index in [1.165, 1.54) is 6.07 Å². The second-order valence-corrected chi connectivity index (χ2v) is 8.90. The number of fused-ring (bicyclic) bond motifs is 1. The van der Waals surface area contributed by atoms with Crippen molar-refractivity contribution in [3.8, 4) is 11.4 Å². The summed E-state index contributed by atoms with van der Waals surface area (Å²) in [5.41, 5.74) is -1.72. The summed E-state index contributed by atoms with van der Waals surface area (Å²) in [6.07, 6.45) is -5.19. The highest BCUT2D eigenvalue weighted by Crippen LogP contribution is 2.34. The molecule has 1 amide bonds. The van der Waals surface area contributed by atoms with Crippen molar-refractivity contribution < 1.29 is 27.4 Å². The summed E-state index contributed by atoms with van der Waals surface area (Å²) in [6.45, 7) is 7.70. The predicted molar refractivity (Wildman–Crippen MR) is 129 cm³/mol. The van der Waals surface area contributed by atoms with Crippen LogP contribution in [0, 0.1) is 0 Å².